The summed E-state index contributed by atoms with van der Waals surface area (Å²) in [5.74, 6) is 0.697. The second-order valence-corrected chi connectivity index (χ2v) is 7.55. The molecule has 0 saturated carbocycles. The van der Waals surface area contributed by atoms with E-state index in [4.69, 9.17) is 4.74 Å². The molecule has 0 bridgehead atoms. The quantitative estimate of drug-likeness (QED) is 0.942. The van der Waals surface area contributed by atoms with E-state index in [0.717, 1.165) is 5.39 Å². The molecule has 2 aromatic carbocycles. The molecule has 0 radical (unpaired) electrons. The minimum Gasteiger partial charge on any atom is -0.493 e. The highest BCUT2D eigenvalue weighted by atomic mass is 32.2. The van der Waals surface area contributed by atoms with Gasteiger partial charge in [-0.15, -0.1) is 0 Å². The summed E-state index contributed by atoms with van der Waals surface area (Å²) in [7, 11) is -3.58. The Morgan fingerprint density at radius 2 is 1.67 bits per heavy atom. The highest BCUT2D eigenvalue weighted by molar-refractivity contribution is 7.89. The van der Waals surface area contributed by atoms with Gasteiger partial charge in [-0.25, -0.2) is 13.1 Å². The lowest BCUT2D eigenvalue weighted by Crippen LogP contribution is -2.40. The van der Waals surface area contributed by atoms with Crippen LogP contribution in [0.15, 0.2) is 41.3 Å². The molecule has 0 fully saturated rings. The predicted molar refractivity (Wildman–Crippen MR) is 85.2 cm³/mol. The maximum atomic E-state index is 12.6. The van der Waals surface area contributed by atoms with Gasteiger partial charge >= 0.3 is 0 Å². The van der Waals surface area contributed by atoms with E-state index in [9.17, 15) is 8.42 Å². The largest absolute Gasteiger partial charge is 0.493 e. The van der Waals surface area contributed by atoms with Crippen molar-refractivity contribution in [1.29, 1.82) is 0 Å². The van der Waals surface area contributed by atoms with Gasteiger partial charge < -0.3 is 4.74 Å². The van der Waals surface area contributed by atoms with Crippen LogP contribution in [-0.4, -0.2) is 20.6 Å². The van der Waals surface area contributed by atoms with Crippen LogP contribution >= 0.6 is 0 Å². The van der Waals surface area contributed by atoms with Gasteiger partial charge in [-0.1, -0.05) is 24.3 Å². The van der Waals surface area contributed by atoms with E-state index in [-0.39, 0.29) is 4.90 Å². The molecular formula is C16H21NO3S. The van der Waals surface area contributed by atoms with Gasteiger partial charge in [0, 0.05) is 16.3 Å². The molecule has 21 heavy (non-hydrogen) atoms. The van der Waals surface area contributed by atoms with E-state index in [2.05, 4.69) is 4.72 Å². The minimum atomic E-state index is -3.58. The maximum absolute atomic E-state index is 12.6. The van der Waals surface area contributed by atoms with Crippen LogP contribution in [0, 0.1) is 0 Å². The zero-order chi connectivity index (χ0) is 15.7. The third-order valence-electron chi connectivity index (χ3n) is 2.87. The third-order valence-corrected chi connectivity index (χ3v) is 4.69. The van der Waals surface area contributed by atoms with Crippen molar-refractivity contribution in [2.45, 2.75) is 38.1 Å². The summed E-state index contributed by atoms with van der Waals surface area (Å²) >= 11 is 0. The highest BCUT2D eigenvalue weighted by Crippen LogP contribution is 2.31. The van der Waals surface area contributed by atoms with Crippen LogP contribution in [0.4, 0.5) is 0 Å². The monoisotopic (exact) mass is 307 g/mol. The lowest BCUT2D eigenvalue weighted by molar-refractivity contribution is 0.344. The topological polar surface area (TPSA) is 55.4 Å². The summed E-state index contributed by atoms with van der Waals surface area (Å²) in [6, 6.07) is 10.7. The predicted octanol–water partition coefficient (Wildman–Crippen LogP) is 3.32. The van der Waals surface area contributed by atoms with Crippen LogP contribution in [0.3, 0.4) is 0 Å². The maximum Gasteiger partial charge on any atom is 0.241 e. The molecule has 4 nitrogen and oxygen atoms in total. The standard InChI is InChI=1S/C16H21NO3S/c1-5-20-14-10-11-15(13-9-7-6-8-12(13)14)21(18,19)17-16(2,3)4/h6-11,17H,5H2,1-4H3. The lowest BCUT2D eigenvalue weighted by Gasteiger charge is -2.21. The molecule has 5 heteroatoms. The molecule has 0 aliphatic carbocycles. The van der Waals surface area contributed by atoms with Crippen LogP contribution in [0.1, 0.15) is 27.7 Å². The molecule has 0 saturated heterocycles. The Kier molecular flexibility index (Phi) is 4.25. The molecule has 1 N–H and O–H groups in total. The first-order valence-electron chi connectivity index (χ1n) is 6.93. The van der Waals surface area contributed by atoms with E-state index < -0.39 is 15.6 Å². The van der Waals surface area contributed by atoms with Crippen molar-refractivity contribution in [2.75, 3.05) is 6.61 Å². The number of nitrogens with one attached hydrogen (secondary N) is 1. The molecule has 114 valence electrons. The molecule has 2 rings (SSSR count). The van der Waals surface area contributed by atoms with Crippen molar-refractivity contribution in [2.24, 2.45) is 0 Å². The van der Waals surface area contributed by atoms with Gasteiger partial charge in [-0.2, -0.15) is 0 Å². The number of ether oxygens (including phenoxy) is 1. The zero-order valence-electron chi connectivity index (χ0n) is 12.8. The van der Waals surface area contributed by atoms with Gasteiger partial charge in [0.25, 0.3) is 0 Å². The number of rotatable bonds is 4. The molecule has 0 spiro atoms. The first-order chi connectivity index (χ1) is 9.74. The normalized spacial score (nSPS) is 12.6. The number of benzene rings is 2. The first-order valence-corrected chi connectivity index (χ1v) is 8.41. The molecule has 2 aromatic rings. The Morgan fingerprint density at radius 1 is 1.05 bits per heavy atom. The Balaban J connectivity index is 2.64. The van der Waals surface area contributed by atoms with Crippen molar-refractivity contribution in [1.82, 2.24) is 4.72 Å². The molecule has 0 heterocycles. The first kappa shape index (κ1) is 15.8. The van der Waals surface area contributed by atoms with E-state index >= 15 is 0 Å². The van der Waals surface area contributed by atoms with Crippen molar-refractivity contribution in [3.63, 3.8) is 0 Å². The Bertz CT molecular complexity index is 746. The van der Waals surface area contributed by atoms with E-state index in [1.165, 1.54) is 0 Å². The lowest BCUT2D eigenvalue weighted by atomic mass is 10.1. The second kappa shape index (κ2) is 5.66. The number of fused-ring (bicyclic) bond motifs is 1. The molecule has 0 aliphatic heterocycles. The summed E-state index contributed by atoms with van der Waals surface area (Å²) in [6.45, 7) is 7.90. The number of hydrogen-bond acceptors (Lipinski definition) is 3. The smallest absolute Gasteiger partial charge is 0.241 e. The average Bonchev–Trinajstić information content (AvgIpc) is 2.36. The van der Waals surface area contributed by atoms with Gasteiger partial charge in [-0.3, -0.25) is 0 Å². The van der Waals surface area contributed by atoms with Crippen LogP contribution < -0.4 is 9.46 Å². The molecular weight excluding hydrogens is 286 g/mol. The van der Waals surface area contributed by atoms with Crippen molar-refractivity contribution in [3.05, 3.63) is 36.4 Å². The second-order valence-electron chi connectivity index (χ2n) is 5.90. The molecule has 0 amide bonds. The van der Waals surface area contributed by atoms with Crippen LogP contribution in [0.5, 0.6) is 5.75 Å². The van der Waals surface area contributed by atoms with Gasteiger partial charge in [0.2, 0.25) is 10.0 Å². The Morgan fingerprint density at radius 3 is 2.24 bits per heavy atom. The SMILES string of the molecule is CCOc1ccc(S(=O)(=O)NC(C)(C)C)c2ccccc12. The number of hydrogen-bond donors (Lipinski definition) is 1. The van der Waals surface area contributed by atoms with Gasteiger partial charge in [-0.05, 0) is 39.8 Å². The van der Waals surface area contributed by atoms with E-state index in [1.54, 1.807) is 18.2 Å². The van der Waals surface area contributed by atoms with Crippen molar-refractivity contribution >= 4 is 20.8 Å². The Labute approximate surface area is 126 Å². The summed E-state index contributed by atoms with van der Waals surface area (Å²) in [4.78, 5) is 0.275. The van der Waals surface area contributed by atoms with Crippen molar-refractivity contribution in [3.8, 4) is 5.75 Å². The van der Waals surface area contributed by atoms with Crippen LogP contribution in [-0.2, 0) is 10.0 Å². The number of sulfonamides is 1. The van der Waals surface area contributed by atoms with E-state index in [0.29, 0.717) is 17.7 Å². The van der Waals surface area contributed by atoms with Gasteiger partial charge in [0.15, 0.2) is 0 Å². The summed E-state index contributed by atoms with van der Waals surface area (Å²) in [5, 5.41) is 1.47. The zero-order valence-corrected chi connectivity index (χ0v) is 13.6. The molecule has 0 atom stereocenters. The summed E-state index contributed by atoms with van der Waals surface area (Å²) in [6.07, 6.45) is 0. The third kappa shape index (κ3) is 3.54. The molecule has 0 aromatic heterocycles. The highest BCUT2D eigenvalue weighted by Gasteiger charge is 2.24. The van der Waals surface area contributed by atoms with E-state index in [1.807, 2.05) is 45.9 Å². The van der Waals surface area contributed by atoms with Crippen molar-refractivity contribution < 1.29 is 13.2 Å². The summed E-state index contributed by atoms with van der Waals surface area (Å²) in [5.41, 5.74) is -0.529. The van der Waals surface area contributed by atoms with Crippen LogP contribution in [0.25, 0.3) is 10.8 Å². The summed E-state index contributed by atoms with van der Waals surface area (Å²) < 4.78 is 33.4. The fraction of sp³-hybridized carbons (Fsp3) is 0.375. The minimum absolute atomic E-state index is 0.275. The molecule has 0 aliphatic rings. The van der Waals surface area contributed by atoms with Gasteiger partial charge in [0.1, 0.15) is 5.75 Å². The molecule has 0 unspecified atom stereocenters. The fourth-order valence-corrected chi connectivity index (χ4v) is 3.85. The Hall–Kier alpha value is -1.59. The fourth-order valence-electron chi connectivity index (χ4n) is 2.22. The average molecular weight is 307 g/mol. The van der Waals surface area contributed by atoms with Gasteiger partial charge in [0.05, 0.1) is 11.5 Å². The van der Waals surface area contributed by atoms with Crippen LogP contribution in [0.2, 0.25) is 0 Å².